The van der Waals surface area contributed by atoms with Gasteiger partial charge in [-0.05, 0) is 30.3 Å². The van der Waals surface area contributed by atoms with Crippen LogP contribution < -0.4 is 5.73 Å². The highest BCUT2D eigenvalue weighted by molar-refractivity contribution is 7.91. The molecule has 0 unspecified atom stereocenters. The fraction of sp³-hybridized carbons (Fsp3) is 0.250. The molecule has 0 spiro atoms. The number of hydrogen-bond donors (Lipinski definition) is 2. The number of nitrogen functional groups attached to an aromatic ring is 1. The lowest BCUT2D eigenvalue weighted by Crippen LogP contribution is -2.70. The summed E-state index contributed by atoms with van der Waals surface area (Å²) in [7, 11) is -4.09. The maximum Gasteiger partial charge on any atom is 0.420 e. The van der Waals surface area contributed by atoms with Crippen LogP contribution in [0.1, 0.15) is 10.5 Å². The lowest BCUT2D eigenvalue weighted by atomic mass is 9.93. The van der Waals surface area contributed by atoms with E-state index in [0.717, 1.165) is 36.5 Å². The van der Waals surface area contributed by atoms with E-state index in [1.165, 1.54) is 0 Å². The van der Waals surface area contributed by atoms with Crippen molar-refractivity contribution in [1.29, 1.82) is 0 Å². The average molecular weight is 419 g/mol. The van der Waals surface area contributed by atoms with Crippen LogP contribution in [0.4, 0.5) is 23.2 Å². The molecule has 150 valence electrons. The Hall–Kier alpha value is -2.73. The molecule has 2 heterocycles. The summed E-state index contributed by atoms with van der Waals surface area (Å²) in [4.78, 5) is 16.0. The SMILES string of the molecule is Nc1cc(S(=O)(=O)c2ccc(F)cc2)cnc1C(=O)N1CC(O)(C(F)(F)F)C1. The second-order valence-electron chi connectivity index (χ2n) is 6.26. The summed E-state index contributed by atoms with van der Waals surface area (Å²) in [5, 5.41) is 9.40. The van der Waals surface area contributed by atoms with Gasteiger partial charge in [-0.1, -0.05) is 0 Å². The number of amides is 1. The molecule has 0 bridgehead atoms. The first kappa shape index (κ1) is 20.0. The zero-order chi connectivity index (χ0) is 20.9. The first-order valence-electron chi connectivity index (χ1n) is 7.70. The van der Waals surface area contributed by atoms with Crippen molar-refractivity contribution < 1.29 is 35.9 Å². The summed E-state index contributed by atoms with van der Waals surface area (Å²) in [6.07, 6.45) is -4.06. The smallest absolute Gasteiger partial charge is 0.397 e. The number of halogens is 4. The van der Waals surface area contributed by atoms with Crippen LogP contribution in [-0.2, 0) is 9.84 Å². The van der Waals surface area contributed by atoms with Gasteiger partial charge in [-0.25, -0.2) is 17.8 Å². The number of sulfone groups is 1. The molecular weight excluding hydrogens is 406 g/mol. The number of benzene rings is 1. The van der Waals surface area contributed by atoms with Gasteiger partial charge >= 0.3 is 6.18 Å². The number of rotatable bonds is 3. The fourth-order valence-electron chi connectivity index (χ4n) is 2.59. The number of nitrogens with zero attached hydrogens (tertiary/aromatic N) is 2. The van der Waals surface area contributed by atoms with Gasteiger partial charge in [-0.2, -0.15) is 13.2 Å². The number of pyridine rings is 1. The number of carbonyl (C=O) groups excluding carboxylic acids is 1. The van der Waals surface area contributed by atoms with Gasteiger partial charge in [-0.15, -0.1) is 0 Å². The van der Waals surface area contributed by atoms with Crippen molar-refractivity contribution in [2.45, 2.75) is 21.6 Å². The summed E-state index contributed by atoms with van der Waals surface area (Å²) in [6, 6.07) is 4.92. The van der Waals surface area contributed by atoms with Gasteiger partial charge in [0.1, 0.15) is 5.82 Å². The fourth-order valence-corrected chi connectivity index (χ4v) is 3.84. The van der Waals surface area contributed by atoms with Crippen LogP contribution >= 0.6 is 0 Å². The van der Waals surface area contributed by atoms with E-state index in [9.17, 15) is 35.9 Å². The zero-order valence-corrected chi connectivity index (χ0v) is 14.8. The third-order valence-corrected chi connectivity index (χ3v) is 5.99. The number of hydrogen-bond acceptors (Lipinski definition) is 6. The number of β-amino-alcohol motifs (C(OH)–C–C–N with tert-alkyl or cyclic N) is 1. The van der Waals surface area contributed by atoms with Gasteiger partial charge in [0, 0.05) is 6.20 Å². The summed E-state index contributed by atoms with van der Waals surface area (Å²) in [6.45, 7) is -1.96. The maximum atomic E-state index is 13.0. The first-order valence-corrected chi connectivity index (χ1v) is 9.18. The van der Waals surface area contributed by atoms with E-state index in [1.54, 1.807) is 0 Å². The van der Waals surface area contributed by atoms with Crippen LogP contribution in [0.25, 0.3) is 0 Å². The molecule has 0 radical (unpaired) electrons. The summed E-state index contributed by atoms with van der Waals surface area (Å²) in [5.41, 5.74) is 1.87. The second-order valence-corrected chi connectivity index (χ2v) is 8.21. The molecule has 3 N–H and O–H groups in total. The predicted octanol–water partition coefficient (Wildman–Crippen LogP) is 1.38. The Bertz CT molecular complexity index is 1030. The Kier molecular flexibility index (Phi) is 4.58. The van der Waals surface area contributed by atoms with Gasteiger partial charge in [-0.3, -0.25) is 4.79 Å². The Morgan fingerprint density at radius 3 is 2.25 bits per heavy atom. The number of likely N-dealkylation sites (tertiary alicyclic amines) is 1. The van der Waals surface area contributed by atoms with Crippen molar-refractivity contribution in [2.75, 3.05) is 18.8 Å². The van der Waals surface area contributed by atoms with E-state index in [4.69, 9.17) is 5.73 Å². The standard InChI is InChI=1S/C16H13F4N3O4S/c17-9-1-3-10(4-2-9)28(26,27)11-5-12(21)13(22-6-11)14(24)23-7-15(25,8-23)16(18,19)20/h1-6,25H,7-8,21H2. The highest BCUT2D eigenvalue weighted by Gasteiger charge is 2.62. The van der Waals surface area contributed by atoms with E-state index in [2.05, 4.69) is 4.98 Å². The maximum absolute atomic E-state index is 13.0. The van der Waals surface area contributed by atoms with Gasteiger partial charge in [0.05, 0.1) is 28.6 Å². The molecular formula is C16H13F4N3O4S. The minimum Gasteiger partial charge on any atom is -0.397 e. The molecule has 1 aromatic carbocycles. The molecule has 1 aliphatic rings. The molecule has 2 aromatic rings. The van der Waals surface area contributed by atoms with E-state index in [0.29, 0.717) is 4.90 Å². The third kappa shape index (κ3) is 3.29. The lowest BCUT2D eigenvalue weighted by Gasteiger charge is -2.46. The quantitative estimate of drug-likeness (QED) is 0.574. The van der Waals surface area contributed by atoms with Crippen LogP contribution in [0.3, 0.4) is 0 Å². The van der Waals surface area contributed by atoms with Crippen molar-refractivity contribution in [3.63, 3.8) is 0 Å². The molecule has 12 heteroatoms. The Labute approximate surface area is 156 Å². The molecule has 0 atom stereocenters. The van der Waals surface area contributed by atoms with Crippen LogP contribution in [0.15, 0.2) is 46.3 Å². The number of nitrogens with two attached hydrogens (primary N) is 1. The molecule has 1 saturated heterocycles. The number of alkyl halides is 3. The number of carbonyl (C=O) groups is 1. The largest absolute Gasteiger partial charge is 0.420 e. The molecule has 3 rings (SSSR count). The molecule has 0 aliphatic carbocycles. The third-order valence-electron chi connectivity index (χ3n) is 4.25. The number of anilines is 1. The first-order chi connectivity index (χ1) is 12.8. The molecule has 0 saturated carbocycles. The Morgan fingerprint density at radius 2 is 1.75 bits per heavy atom. The minimum atomic E-state index is -4.89. The number of aliphatic hydroxyl groups is 1. The lowest BCUT2D eigenvalue weighted by molar-refractivity contribution is -0.294. The number of aromatic nitrogens is 1. The predicted molar refractivity (Wildman–Crippen MR) is 87.4 cm³/mol. The average Bonchev–Trinajstić information content (AvgIpc) is 2.57. The minimum absolute atomic E-state index is 0.229. The molecule has 1 aliphatic heterocycles. The van der Waals surface area contributed by atoms with Crippen molar-refractivity contribution in [1.82, 2.24) is 9.88 Å². The topological polar surface area (TPSA) is 114 Å². The van der Waals surface area contributed by atoms with Crippen molar-refractivity contribution in [2.24, 2.45) is 0 Å². The molecule has 7 nitrogen and oxygen atoms in total. The van der Waals surface area contributed by atoms with Gasteiger partial charge < -0.3 is 15.7 Å². The summed E-state index contributed by atoms with van der Waals surface area (Å²) < 4.78 is 75.9. The van der Waals surface area contributed by atoms with Crippen molar-refractivity contribution in [3.05, 3.63) is 48.0 Å². The van der Waals surface area contributed by atoms with Crippen LogP contribution in [0.2, 0.25) is 0 Å². The highest BCUT2D eigenvalue weighted by atomic mass is 32.2. The highest BCUT2D eigenvalue weighted by Crippen LogP contribution is 2.38. The monoisotopic (exact) mass is 419 g/mol. The molecule has 1 fully saturated rings. The van der Waals surface area contributed by atoms with Gasteiger partial charge in [0.15, 0.2) is 11.3 Å². The Balaban J connectivity index is 1.84. The normalized spacial score (nSPS) is 16.5. The van der Waals surface area contributed by atoms with Crippen LogP contribution in [0, 0.1) is 5.82 Å². The van der Waals surface area contributed by atoms with Crippen molar-refractivity contribution in [3.8, 4) is 0 Å². The summed E-state index contributed by atoms with van der Waals surface area (Å²) in [5.74, 6) is -1.61. The Morgan fingerprint density at radius 1 is 1.18 bits per heavy atom. The zero-order valence-electron chi connectivity index (χ0n) is 13.9. The van der Waals surface area contributed by atoms with E-state index < -0.39 is 52.1 Å². The van der Waals surface area contributed by atoms with Gasteiger partial charge in [0.25, 0.3) is 5.91 Å². The van der Waals surface area contributed by atoms with Gasteiger partial charge in [0.2, 0.25) is 9.84 Å². The van der Waals surface area contributed by atoms with Crippen molar-refractivity contribution >= 4 is 21.4 Å². The molecule has 28 heavy (non-hydrogen) atoms. The molecule has 1 amide bonds. The van der Waals surface area contributed by atoms with Crippen LogP contribution in [-0.4, -0.2) is 54.2 Å². The van der Waals surface area contributed by atoms with E-state index in [1.807, 2.05) is 0 Å². The van der Waals surface area contributed by atoms with Crippen LogP contribution in [0.5, 0.6) is 0 Å². The van der Waals surface area contributed by atoms with E-state index >= 15 is 0 Å². The summed E-state index contributed by atoms with van der Waals surface area (Å²) >= 11 is 0. The second kappa shape index (κ2) is 6.41. The molecule has 1 aromatic heterocycles. The van der Waals surface area contributed by atoms with E-state index in [-0.39, 0.29) is 15.5 Å².